The highest BCUT2D eigenvalue weighted by atomic mass is 79.9. The third kappa shape index (κ3) is 2.55. The second-order valence-electron chi connectivity index (χ2n) is 4.73. The summed E-state index contributed by atoms with van der Waals surface area (Å²) in [4.78, 5) is 12.5. The van der Waals surface area contributed by atoms with E-state index in [1.54, 1.807) is 6.07 Å². The Morgan fingerprint density at radius 2 is 2.22 bits per heavy atom. The molecule has 0 aromatic heterocycles. The largest absolute Gasteiger partial charge is 0.387 e. The van der Waals surface area contributed by atoms with E-state index in [0.717, 1.165) is 12.0 Å². The third-order valence-electron chi connectivity index (χ3n) is 3.34. The lowest BCUT2D eigenvalue weighted by molar-refractivity contribution is -0.385. The van der Waals surface area contributed by atoms with Crippen LogP contribution >= 0.6 is 15.9 Å². The number of nitrogens with zero attached hydrogens (tertiary/aromatic N) is 2. The second kappa shape index (κ2) is 4.95. The Balaban J connectivity index is 2.08. The summed E-state index contributed by atoms with van der Waals surface area (Å²) in [5.74, 6) is 0. The molecule has 1 aliphatic heterocycles. The summed E-state index contributed by atoms with van der Waals surface area (Å²) in [6.45, 7) is 3.82. The van der Waals surface area contributed by atoms with E-state index in [-0.39, 0.29) is 5.69 Å². The zero-order valence-electron chi connectivity index (χ0n) is 10.1. The van der Waals surface area contributed by atoms with Gasteiger partial charge in [-0.1, -0.05) is 19.1 Å². The third-order valence-corrected chi connectivity index (χ3v) is 4.26. The molecule has 5 nitrogen and oxygen atoms in total. The molecule has 0 radical (unpaired) electrons. The summed E-state index contributed by atoms with van der Waals surface area (Å²) in [7, 11) is 0. The average Bonchev–Trinajstić information content (AvgIpc) is 2.29. The Labute approximate surface area is 114 Å². The van der Waals surface area contributed by atoms with Gasteiger partial charge in [0.2, 0.25) is 0 Å². The Morgan fingerprint density at radius 1 is 1.56 bits per heavy atom. The average molecular weight is 315 g/mol. The Kier molecular flexibility index (Phi) is 3.70. The number of β-amino-alcohol motifs (C(OH)–C–C–N with tert-alkyl or cyclic N) is 1. The highest BCUT2D eigenvalue weighted by Crippen LogP contribution is 2.32. The molecular weight excluding hydrogens is 300 g/mol. The van der Waals surface area contributed by atoms with Gasteiger partial charge in [-0.15, -0.1) is 0 Å². The van der Waals surface area contributed by atoms with Crippen molar-refractivity contribution in [2.45, 2.75) is 25.5 Å². The maximum atomic E-state index is 10.8. The number of hydrogen-bond donors (Lipinski definition) is 1. The van der Waals surface area contributed by atoms with Crippen molar-refractivity contribution < 1.29 is 10.0 Å². The Morgan fingerprint density at radius 3 is 2.78 bits per heavy atom. The van der Waals surface area contributed by atoms with E-state index < -0.39 is 10.5 Å². The smallest absolute Gasteiger partial charge is 0.283 e. The summed E-state index contributed by atoms with van der Waals surface area (Å²) in [5.41, 5.74) is 0.383. The first-order chi connectivity index (χ1) is 8.45. The van der Waals surface area contributed by atoms with E-state index in [2.05, 4.69) is 20.8 Å². The fourth-order valence-electron chi connectivity index (χ4n) is 2.19. The molecule has 0 atom stereocenters. The number of nitro groups is 1. The molecule has 0 spiro atoms. The molecule has 1 saturated heterocycles. The maximum Gasteiger partial charge on any atom is 0.283 e. The number of aliphatic hydroxyl groups is 1. The monoisotopic (exact) mass is 314 g/mol. The van der Waals surface area contributed by atoms with E-state index in [4.69, 9.17) is 0 Å². The van der Waals surface area contributed by atoms with Gasteiger partial charge in [0.05, 0.1) is 15.0 Å². The molecule has 0 bridgehead atoms. The summed E-state index contributed by atoms with van der Waals surface area (Å²) in [6, 6.07) is 5.02. The van der Waals surface area contributed by atoms with Crippen molar-refractivity contribution in [2.75, 3.05) is 13.1 Å². The number of halogens is 1. The van der Waals surface area contributed by atoms with Crippen LogP contribution in [0.2, 0.25) is 0 Å². The topological polar surface area (TPSA) is 66.6 Å². The van der Waals surface area contributed by atoms with Gasteiger partial charge in [0.1, 0.15) is 0 Å². The van der Waals surface area contributed by atoms with Crippen LogP contribution in [0.15, 0.2) is 22.7 Å². The molecule has 1 N–H and O–H groups in total. The van der Waals surface area contributed by atoms with Gasteiger partial charge >= 0.3 is 0 Å². The molecule has 1 aromatic carbocycles. The standard InChI is InChI=1S/C12H15BrN2O3/c1-2-12(16)7-14(8-12)6-9-4-3-5-10(11(9)13)15(17)18/h3-5,16H,2,6-8H2,1H3. The quantitative estimate of drug-likeness (QED) is 0.684. The van der Waals surface area contributed by atoms with Crippen LogP contribution in [-0.2, 0) is 6.54 Å². The molecule has 0 aliphatic carbocycles. The van der Waals surface area contributed by atoms with Crippen molar-refractivity contribution in [1.82, 2.24) is 4.90 Å². The van der Waals surface area contributed by atoms with Gasteiger partial charge in [-0.25, -0.2) is 0 Å². The zero-order chi connectivity index (χ0) is 13.3. The molecule has 0 saturated carbocycles. The van der Waals surface area contributed by atoms with Crippen molar-refractivity contribution in [2.24, 2.45) is 0 Å². The summed E-state index contributed by atoms with van der Waals surface area (Å²) >= 11 is 3.28. The highest BCUT2D eigenvalue weighted by Gasteiger charge is 2.39. The summed E-state index contributed by atoms with van der Waals surface area (Å²) < 4.78 is 0.530. The van der Waals surface area contributed by atoms with Gasteiger partial charge in [-0.3, -0.25) is 15.0 Å². The Hall–Kier alpha value is -0.980. The van der Waals surface area contributed by atoms with Crippen molar-refractivity contribution >= 4 is 21.6 Å². The van der Waals surface area contributed by atoms with E-state index >= 15 is 0 Å². The maximum absolute atomic E-state index is 10.8. The number of nitro benzene ring substituents is 1. The van der Waals surface area contributed by atoms with Gasteiger partial charge in [-0.2, -0.15) is 0 Å². The van der Waals surface area contributed by atoms with Gasteiger partial charge in [0.25, 0.3) is 5.69 Å². The lowest BCUT2D eigenvalue weighted by Crippen LogP contribution is -2.60. The van der Waals surface area contributed by atoms with E-state index in [0.29, 0.717) is 24.1 Å². The molecular formula is C12H15BrN2O3. The fraction of sp³-hybridized carbons (Fsp3) is 0.500. The van der Waals surface area contributed by atoms with Crippen LogP contribution in [0.25, 0.3) is 0 Å². The molecule has 1 fully saturated rings. The molecule has 1 aromatic rings. The van der Waals surface area contributed by atoms with Crippen LogP contribution in [0.1, 0.15) is 18.9 Å². The van der Waals surface area contributed by atoms with Gasteiger partial charge in [0, 0.05) is 25.7 Å². The minimum absolute atomic E-state index is 0.0822. The van der Waals surface area contributed by atoms with Gasteiger partial charge in [-0.05, 0) is 27.9 Å². The van der Waals surface area contributed by atoms with Crippen molar-refractivity contribution in [3.63, 3.8) is 0 Å². The fourth-order valence-corrected chi connectivity index (χ4v) is 2.73. The molecule has 0 amide bonds. The molecule has 2 rings (SSSR count). The highest BCUT2D eigenvalue weighted by molar-refractivity contribution is 9.10. The first-order valence-corrected chi connectivity index (χ1v) is 6.61. The number of benzene rings is 1. The van der Waals surface area contributed by atoms with E-state index in [1.165, 1.54) is 6.07 Å². The van der Waals surface area contributed by atoms with Crippen molar-refractivity contribution in [3.05, 3.63) is 38.3 Å². The van der Waals surface area contributed by atoms with Crippen LogP contribution in [-0.4, -0.2) is 33.6 Å². The predicted molar refractivity (Wildman–Crippen MR) is 71.3 cm³/mol. The lowest BCUT2D eigenvalue weighted by Gasteiger charge is -2.46. The van der Waals surface area contributed by atoms with Gasteiger partial charge in [0.15, 0.2) is 0 Å². The first kappa shape index (κ1) is 13.5. The van der Waals surface area contributed by atoms with Crippen LogP contribution in [0.3, 0.4) is 0 Å². The Bertz CT molecular complexity index is 472. The van der Waals surface area contributed by atoms with Crippen LogP contribution < -0.4 is 0 Å². The summed E-state index contributed by atoms with van der Waals surface area (Å²) in [6.07, 6.45) is 0.736. The van der Waals surface area contributed by atoms with Crippen molar-refractivity contribution in [3.8, 4) is 0 Å². The van der Waals surface area contributed by atoms with E-state index in [1.807, 2.05) is 13.0 Å². The molecule has 98 valence electrons. The lowest BCUT2D eigenvalue weighted by atomic mass is 9.91. The zero-order valence-corrected chi connectivity index (χ0v) is 11.7. The van der Waals surface area contributed by atoms with Crippen molar-refractivity contribution in [1.29, 1.82) is 0 Å². The minimum Gasteiger partial charge on any atom is -0.387 e. The van der Waals surface area contributed by atoms with Crippen LogP contribution in [0, 0.1) is 10.1 Å². The first-order valence-electron chi connectivity index (χ1n) is 5.82. The van der Waals surface area contributed by atoms with Gasteiger partial charge < -0.3 is 5.11 Å². The molecule has 0 unspecified atom stereocenters. The molecule has 6 heteroatoms. The SMILES string of the molecule is CCC1(O)CN(Cc2cccc([N+](=O)[O-])c2Br)C1. The predicted octanol–water partition coefficient (Wildman–Crippen LogP) is 2.31. The van der Waals surface area contributed by atoms with Crippen LogP contribution in [0.4, 0.5) is 5.69 Å². The second-order valence-corrected chi connectivity index (χ2v) is 5.52. The van der Waals surface area contributed by atoms with E-state index in [9.17, 15) is 15.2 Å². The molecule has 18 heavy (non-hydrogen) atoms. The summed E-state index contributed by atoms with van der Waals surface area (Å²) in [5, 5.41) is 20.7. The van der Waals surface area contributed by atoms with Crippen LogP contribution in [0.5, 0.6) is 0 Å². The number of hydrogen-bond acceptors (Lipinski definition) is 4. The molecule has 1 heterocycles. The number of rotatable bonds is 4. The molecule has 1 aliphatic rings. The number of likely N-dealkylation sites (tertiary alicyclic amines) is 1. The minimum atomic E-state index is -0.576. The normalized spacial score (nSPS) is 18.4.